The second kappa shape index (κ2) is 4.29. The van der Waals surface area contributed by atoms with Crippen LogP contribution in [0, 0.1) is 6.92 Å². The highest BCUT2D eigenvalue weighted by Gasteiger charge is 2.36. The van der Waals surface area contributed by atoms with Crippen molar-refractivity contribution in [3.8, 4) is 5.75 Å². The molecule has 8 heteroatoms. The molecule has 0 N–H and O–H groups in total. The number of alkyl halides is 6. The quantitative estimate of drug-likeness (QED) is 0.684. The molecule has 0 aliphatic heterocycles. The molecule has 0 fully saturated rings. The topological polar surface area (TPSA) is 9.23 Å². The molecule has 0 saturated heterocycles. The predicted molar refractivity (Wildman–Crippen MR) is 47.9 cm³/mol. The van der Waals surface area contributed by atoms with E-state index in [2.05, 4.69) is 4.74 Å². The minimum Gasteiger partial charge on any atom is -0.405 e. The molecule has 0 heterocycles. The van der Waals surface area contributed by atoms with Gasteiger partial charge in [-0.2, -0.15) is 13.2 Å². The first-order valence-electron chi connectivity index (χ1n) is 4.14. The Kier molecular flexibility index (Phi) is 3.52. The van der Waals surface area contributed by atoms with Crippen LogP contribution in [0.3, 0.4) is 0 Å². The van der Waals surface area contributed by atoms with E-state index in [0.29, 0.717) is 0 Å². The van der Waals surface area contributed by atoms with Crippen LogP contribution in [0.4, 0.5) is 26.3 Å². The Balaban J connectivity index is 3.25. The smallest absolute Gasteiger partial charge is 0.405 e. The summed E-state index contributed by atoms with van der Waals surface area (Å²) in [6, 6.07) is 0.997. The minimum atomic E-state index is -5.05. The number of benzene rings is 1. The SMILES string of the molecule is Cc1cc(Cl)c(C(F)(F)F)cc1OC(F)(F)F. The molecular weight excluding hydrogens is 274 g/mol. The van der Waals surface area contributed by atoms with Crippen molar-refractivity contribution in [1.82, 2.24) is 0 Å². The second-order valence-corrected chi connectivity index (χ2v) is 3.55. The lowest BCUT2D eigenvalue weighted by molar-refractivity contribution is -0.275. The van der Waals surface area contributed by atoms with E-state index in [1.165, 1.54) is 0 Å². The van der Waals surface area contributed by atoms with Crippen LogP contribution in [0.1, 0.15) is 11.1 Å². The summed E-state index contributed by atoms with van der Waals surface area (Å²) in [5.41, 5.74) is -1.51. The van der Waals surface area contributed by atoms with Crippen molar-refractivity contribution >= 4 is 11.6 Å². The van der Waals surface area contributed by atoms with Crippen molar-refractivity contribution in [2.24, 2.45) is 0 Å². The average Bonchev–Trinajstić information content (AvgIpc) is 2.05. The summed E-state index contributed by atoms with van der Waals surface area (Å²) >= 11 is 5.30. The summed E-state index contributed by atoms with van der Waals surface area (Å²) in [6.07, 6.45) is -9.89. The lowest BCUT2D eigenvalue weighted by atomic mass is 10.1. The van der Waals surface area contributed by atoms with Crippen LogP contribution in [-0.4, -0.2) is 6.36 Å². The largest absolute Gasteiger partial charge is 0.573 e. The van der Waals surface area contributed by atoms with Crippen LogP contribution in [-0.2, 0) is 6.18 Å². The Morgan fingerprint density at radius 3 is 2.00 bits per heavy atom. The monoisotopic (exact) mass is 278 g/mol. The van der Waals surface area contributed by atoms with E-state index in [1.54, 1.807) is 0 Å². The minimum absolute atomic E-state index is 0.139. The molecule has 0 spiro atoms. The van der Waals surface area contributed by atoms with Gasteiger partial charge in [-0.3, -0.25) is 0 Å². The maximum Gasteiger partial charge on any atom is 0.573 e. The number of aryl methyl sites for hydroxylation is 1. The van der Waals surface area contributed by atoms with Gasteiger partial charge in [0.05, 0.1) is 10.6 Å². The molecule has 96 valence electrons. The van der Waals surface area contributed by atoms with Crippen molar-refractivity contribution in [2.75, 3.05) is 0 Å². The molecule has 0 aliphatic rings. The van der Waals surface area contributed by atoms with Crippen LogP contribution in [0.15, 0.2) is 12.1 Å². The number of hydrogen-bond acceptors (Lipinski definition) is 1. The Labute approximate surface area is 96.9 Å². The van der Waals surface area contributed by atoms with E-state index in [0.717, 1.165) is 13.0 Å². The van der Waals surface area contributed by atoms with Gasteiger partial charge in [-0.1, -0.05) is 11.6 Å². The van der Waals surface area contributed by atoms with Gasteiger partial charge in [-0.15, -0.1) is 13.2 Å². The zero-order valence-corrected chi connectivity index (χ0v) is 8.96. The van der Waals surface area contributed by atoms with Crippen LogP contribution < -0.4 is 4.74 Å². The molecule has 0 amide bonds. The molecule has 0 unspecified atom stereocenters. The van der Waals surface area contributed by atoms with Gasteiger partial charge in [-0.25, -0.2) is 0 Å². The molecule has 0 atom stereocenters. The van der Waals surface area contributed by atoms with Gasteiger partial charge in [0.25, 0.3) is 0 Å². The standard InChI is InChI=1S/C9H5ClF6O/c1-4-2-6(10)5(8(11,12)13)3-7(4)17-9(14,15)16/h2-3H,1H3. The van der Waals surface area contributed by atoms with Crippen molar-refractivity contribution < 1.29 is 31.1 Å². The fourth-order valence-electron chi connectivity index (χ4n) is 1.10. The molecule has 0 radical (unpaired) electrons. The van der Waals surface area contributed by atoms with Crippen LogP contribution in [0.25, 0.3) is 0 Å². The van der Waals surface area contributed by atoms with Gasteiger partial charge < -0.3 is 4.74 Å². The third-order valence-corrected chi connectivity index (χ3v) is 2.11. The highest BCUT2D eigenvalue weighted by atomic mass is 35.5. The summed E-state index contributed by atoms with van der Waals surface area (Å²) < 4.78 is 76.3. The molecule has 0 saturated carbocycles. The van der Waals surface area contributed by atoms with E-state index >= 15 is 0 Å². The van der Waals surface area contributed by atoms with Gasteiger partial charge in [0.15, 0.2) is 0 Å². The highest BCUT2D eigenvalue weighted by Crippen LogP contribution is 2.39. The highest BCUT2D eigenvalue weighted by molar-refractivity contribution is 6.31. The molecule has 1 aromatic carbocycles. The fraction of sp³-hybridized carbons (Fsp3) is 0.333. The lowest BCUT2D eigenvalue weighted by Gasteiger charge is -2.15. The van der Waals surface area contributed by atoms with E-state index in [-0.39, 0.29) is 11.6 Å². The summed E-state index contributed by atoms with van der Waals surface area (Å²) in [4.78, 5) is 0. The lowest BCUT2D eigenvalue weighted by Crippen LogP contribution is -2.18. The molecule has 0 aliphatic carbocycles. The first-order valence-corrected chi connectivity index (χ1v) is 4.51. The van der Waals surface area contributed by atoms with Crippen molar-refractivity contribution in [3.05, 3.63) is 28.3 Å². The molecule has 1 rings (SSSR count). The first kappa shape index (κ1) is 14.0. The van der Waals surface area contributed by atoms with E-state index in [4.69, 9.17) is 11.6 Å². The van der Waals surface area contributed by atoms with Crippen molar-refractivity contribution in [1.29, 1.82) is 0 Å². The van der Waals surface area contributed by atoms with Gasteiger partial charge in [-0.05, 0) is 24.6 Å². The van der Waals surface area contributed by atoms with Crippen LogP contribution in [0.2, 0.25) is 5.02 Å². The normalized spacial score (nSPS) is 12.7. The maximum atomic E-state index is 12.4. The van der Waals surface area contributed by atoms with Crippen molar-refractivity contribution in [3.63, 3.8) is 0 Å². The van der Waals surface area contributed by atoms with Gasteiger partial charge >= 0.3 is 12.5 Å². The molecular formula is C9H5ClF6O. The summed E-state index contributed by atoms with van der Waals surface area (Å²) in [6.45, 7) is 1.16. The number of halogens is 7. The summed E-state index contributed by atoms with van der Waals surface area (Å²) in [7, 11) is 0. The zero-order valence-electron chi connectivity index (χ0n) is 8.21. The van der Waals surface area contributed by atoms with Crippen LogP contribution >= 0.6 is 11.6 Å². The maximum absolute atomic E-state index is 12.4. The summed E-state index contributed by atoms with van der Waals surface area (Å²) in [5, 5.41) is -0.676. The predicted octanol–water partition coefficient (Wildman–Crippen LogP) is 4.57. The van der Waals surface area contributed by atoms with Gasteiger partial charge in [0, 0.05) is 0 Å². The molecule has 0 bridgehead atoms. The zero-order chi connectivity index (χ0) is 13.4. The van der Waals surface area contributed by atoms with E-state index in [1.807, 2.05) is 0 Å². The molecule has 1 nitrogen and oxygen atoms in total. The second-order valence-electron chi connectivity index (χ2n) is 3.14. The fourth-order valence-corrected chi connectivity index (χ4v) is 1.43. The number of rotatable bonds is 1. The first-order chi connectivity index (χ1) is 7.50. The third-order valence-electron chi connectivity index (χ3n) is 1.80. The number of hydrogen-bond donors (Lipinski definition) is 0. The molecule has 0 aromatic heterocycles. The Bertz CT molecular complexity index is 423. The Morgan fingerprint density at radius 2 is 1.59 bits per heavy atom. The molecule has 17 heavy (non-hydrogen) atoms. The molecule has 1 aromatic rings. The summed E-state index contributed by atoms with van der Waals surface area (Å²) in [5.74, 6) is -0.922. The Hall–Kier alpha value is -1.11. The van der Waals surface area contributed by atoms with Gasteiger partial charge in [0.2, 0.25) is 0 Å². The van der Waals surface area contributed by atoms with E-state index in [9.17, 15) is 26.3 Å². The third kappa shape index (κ3) is 3.69. The number of ether oxygens (including phenoxy) is 1. The van der Waals surface area contributed by atoms with Crippen LogP contribution in [0.5, 0.6) is 5.75 Å². The van der Waals surface area contributed by atoms with E-state index < -0.39 is 28.9 Å². The van der Waals surface area contributed by atoms with Gasteiger partial charge in [0.1, 0.15) is 5.75 Å². The van der Waals surface area contributed by atoms with Crippen molar-refractivity contribution in [2.45, 2.75) is 19.5 Å². The average molecular weight is 279 g/mol. The Morgan fingerprint density at radius 1 is 1.06 bits per heavy atom.